The average molecular weight is 377 g/mol. The second-order valence-corrected chi connectivity index (χ2v) is 7.11. The van der Waals surface area contributed by atoms with Crippen LogP contribution in [-0.2, 0) is 0 Å². The van der Waals surface area contributed by atoms with Gasteiger partial charge in [0.05, 0.1) is 18.5 Å². The van der Waals surface area contributed by atoms with Crippen molar-refractivity contribution in [3.8, 4) is 5.75 Å². The zero-order chi connectivity index (χ0) is 19.5. The number of ether oxygens (including phenoxy) is 1. The number of methoxy groups -OCH3 is 1. The molecule has 0 N–H and O–H groups in total. The first-order valence-corrected chi connectivity index (χ1v) is 9.65. The molecule has 0 aliphatic carbocycles. The average Bonchev–Trinajstić information content (AvgIpc) is 2.99. The van der Waals surface area contributed by atoms with Crippen molar-refractivity contribution in [2.24, 2.45) is 0 Å². The lowest BCUT2D eigenvalue weighted by atomic mass is 10.0. The number of hydrogen-bond acceptors (Lipinski definition) is 4. The molecule has 1 aliphatic heterocycles. The Kier molecular flexibility index (Phi) is 5.15. The number of carbonyl (C=O) groups is 1. The molecule has 0 spiro atoms. The molecule has 0 saturated carbocycles. The zero-order valence-electron chi connectivity index (χ0n) is 15.9. The Hall–Kier alpha value is -3.08. The third-order valence-electron chi connectivity index (χ3n) is 5.36. The van der Waals surface area contributed by atoms with Gasteiger partial charge in [-0.15, -0.1) is 0 Å². The molecule has 4 rings (SSSR count). The van der Waals surface area contributed by atoms with E-state index in [0.717, 1.165) is 37.0 Å². The highest BCUT2D eigenvalue weighted by Gasteiger charge is 2.29. The first kappa shape index (κ1) is 18.3. The maximum atomic E-state index is 13.3. The minimum Gasteiger partial charge on any atom is -0.497 e. The van der Waals surface area contributed by atoms with Crippen LogP contribution in [0.4, 0.5) is 0 Å². The fraction of sp³-hybridized carbons (Fsp3) is 0.304. The van der Waals surface area contributed by atoms with Gasteiger partial charge >= 0.3 is 0 Å². The summed E-state index contributed by atoms with van der Waals surface area (Å²) in [6.07, 6.45) is 3.96. The van der Waals surface area contributed by atoms with Crippen molar-refractivity contribution in [2.45, 2.75) is 31.7 Å². The van der Waals surface area contributed by atoms with Crippen LogP contribution >= 0.6 is 0 Å². The minimum absolute atomic E-state index is 0.0438. The van der Waals surface area contributed by atoms with Crippen LogP contribution in [0, 0.1) is 0 Å². The van der Waals surface area contributed by atoms with E-state index in [1.54, 1.807) is 31.4 Å². The fourth-order valence-corrected chi connectivity index (χ4v) is 3.87. The smallest absolute Gasteiger partial charge is 0.290 e. The Labute approximate surface area is 163 Å². The quantitative estimate of drug-likeness (QED) is 0.671. The minimum atomic E-state index is -0.231. The molecule has 3 aromatic rings. The zero-order valence-corrected chi connectivity index (χ0v) is 15.9. The summed E-state index contributed by atoms with van der Waals surface area (Å²) in [5.41, 5.74) is 1.31. The molecular formula is C23H23NO4. The number of fused-ring (bicyclic) bond motifs is 1. The molecule has 1 atom stereocenters. The first-order valence-electron chi connectivity index (χ1n) is 9.65. The molecular weight excluding hydrogens is 354 g/mol. The molecule has 1 amide bonds. The van der Waals surface area contributed by atoms with Crippen molar-refractivity contribution in [2.75, 3.05) is 13.7 Å². The predicted octanol–water partition coefficient (Wildman–Crippen LogP) is 4.56. The van der Waals surface area contributed by atoms with Crippen LogP contribution in [0.2, 0.25) is 0 Å². The molecule has 1 saturated heterocycles. The highest BCUT2D eigenvalue weighted by atomic mass is 16.5. The molecule has 1 fully saturated rings. The normalized spacial score (nSPS) is 17.3. The summed E-state index contributed by atoms with van der Waals surface area (Å²) < 4.78 is 11.1. The van der Waals surface area contributed by atoms with E-state index >= 15 is 0 Å². The summed E-state index contributed by atoms with van der Waals surface area (Å²) in [5.74, 6) is 0.658. The van der Waals surface area contributed by atoms with Gasteiger partial charge < -0.3 is 14.1 Å². The molecule has 144 valence electrons. The molecule has 2 heterocycles. The SMILES string of the molecule is COc1ccc(C2CCCCCN2C(=O)c2cc(=O)c3ccccc3o2)cc1. The van der Waals surface area contributed by atoms with Crippen LogP contribution in [0.25, 0.3) is 11.0 Å². The second kappa shape index (κ2) is 7.89. The lowest BCUT2D eigenvalue weighted by Crippen LogP contribution is -2.35. The summed E-state index contributed by atoms with van der Waals surface area (Å²) in [5, 5.41) is 0.488. The van der Waals surface area contributed by atoms with Gasteiger partial charge in [-0.05, 0) is 42.7 Å². The van der Waals surface area contributed by atoms with Gasteiger partial charge in [-0.2, -0.15) is 0 Å². The first-order chi connectivity index (χ1) is 13.7. The van der Waals surface area contributed by atoms with Crippen molar-refractivity contribution in [3.63, 3.8) is 0 Å². The predicted molar refractivity (Wildman–Crippen MR) is 108 cm³/mol. The summed E-state index contributed by atoms with van der Waals surface area (Å²) in [7, 11) is 1.64. The van der Waals surface area contributed by atoms with Crippen molar-refractivity contribution in [3.05, 3.63) is 76.1 Å². The van der Waals surface area contributed by atoms with Gasteiger partial charge in [-0.25, -0.2) is 0 Å². The van der Waals surface area contributed by atoms with Gasteiger partial charge in [-0.3, -0.25) is 9.59 Å². The number of para-hydroxylation sites is 1. The van der Waals surface area contributed by atoms with Crippen molar-refractivity contribution >= 4 is 16.9 Å². The van der Waals surface area contributed by atoms with Crippen LogP contribution in [0.15, 0.2) is 63.8 Å². The maximum Gasteiger partial charge on any atom is 0.290 e. The van der Waals surface area contributed by atoms with Gasteiger partial charge in [0.1, 0.15) is 11.3 Å². The second-order valence-electron chi connectivity index (χ2n) is 7.11. The van der Waals surface area contributed by atoms with Crippen molar-refractivity contribution < 1.29 is 13.9 Å². The third-order valence-corrected chi connectivity index (χ3v) is 5.36. The molecule has 2 aromatic carbocycles. The molecule has 0 radical (unpaired) electrons. The summed E-state index contributed by atoms with van der Waals surface area (Å²) >= 11 is 0. The van der Waals surface area contributed by atoms with E-state index in [-0.39, 0.29) is 23.1 Å². The van der Waals surface area contributed by atoms with Crippen LogP contribution in [-0.4, -0.2) is 24.5 Å². The van der Waals surface area contributed by atoms with Gasteiger partial charge in [0, 0.05) is 12.6 Å². The fourth-order valence-electron chi connectivity index (χ4n) is 3.87. The molecule has 1 unspecified atom stereocenters. The lowest BCUT2D eigenvalue weighted by Gasteiger charge is -2.30. The van der Waals surface area contributed by atoms with Crippen LogP contribution in [0.5, 0.6) is 5.75 Å². The number of carbonyl (C=O) groups excluding carboxylic acids is 1. The number of hydrogen-bond donors (Lipinski definition) is 0. The molecule has 0 bridgehead atoms. The van der Waals surface area contributed by atoms with Gasteiger partial charge in [-0.1, -0.05) is 37.1 Å². The highest BCUT2D eigenvalue weighted by Crippen LogP contribution is 2.32. The highest BCUT2D eigenvalue weighted by molar-refractivity contribution is 5.93. The van der Waals surface area contributed by atoms with E-state index in [0.29, 0.717) is 17.5 Å². The maximum absolute atomic E-state index is 13.3. The van der Waals surface area contributed by atoms with E-state index in [4.69, 9.17) is 9.15 Å². The molecule has 28 heavy (non-hydrogen) atoms. The van der Waals surface area contributed by atoms with Crippen molar-refractivity contribution in [1.29, 1.82) is 0 Å². The Balaban J connectivity index is 1.71. The van der Waals surface area contributed by atoms with Crippen LogP contribution in [0.1, 0.15) is 47.8 Å². The molecule has 1 aliphatic rings. The number of rotatable bonds is 3. The lowest BCUT2D eigenvalue weighted by molar-refractivity contribution is 0.0648. The number of benzene rings is 2. The van der Waals surface area contributed by atoms with E-state index in [1.807, 2.05) is 29.2 Å². The molecule has 5 heteroatoms. The van der Waals surface area contributed by atoms with Crippen LogP contribution in [0.3, 0.4) is 0 Å². The van der Waals surface area contributed by atoms with Crippen LogP contribution < -0.4 is 10.2 Å². The largest absolute Gasteiger partial charge is 0.497 e. The van der Waals surface area contributed by atoms with E-state index < -0.39 is 0 Å². The van der Waals surface area contributed by atoms with E-state index in [2.05, 4.69) is 0 Å². The molecule has 5 nitrogen and oxygen atoms in total. The summed E-state index contributed by atoms with van der Waals surface area (Å²) in [6.45, 7) is 0.645. The third kappa shape index (κ3) is 3.52. The van der Waals surface area contributed by atoms with Gasteiger partial charge in [0.15, 0.2) is 11.2 Å². The molecule has 1 aromatic heterocycles. The summed E-state index contributed by atoms with van der Waals surface area (Å²) in [6, 6.07) is 16.1. The number of amides is 1. The Morgan fingerprint density at radius 1 is 1.07 bits per heavy atom. The van der Waals surface area contributed by atoms with E-state index in [1.165, 1.54) is 6.07 Å². The summed E-state index contributed by atoms with van der Waals surface area (Å²) in [4.78, 5) is 27.6. The number of likely N-dealkylation sites (tertiary alicyclic amines) is 1. The van der Waals surface area contributed by atoms with Gasteiger partial charge in [0.25, 0.3) is 5.91 Å². The van der Waals surface area contributed by atoms with E-state index in [9.17, 15) is 9.59 Å². The topological polar surface area (TPSA) is 59.8 Å². The monoisotopic (exact) mass is 377 g/mol. The number of nitrogens with zero attached hydrogens (tertiary/aromatic N) is 1. The Morgan fingerprint density at radius 3 is 2.64 bits per heavy atom. The Bertz CT molecular complexity index is 1040. The van der Waals surface area contributed by atoms with Gasteiger partial charge in [0.2, 0.25) is 0 Å². The standard InChI is InChI=1S/C23H23NO4/c1-27-17-12-10-16(11-13-17)19-8-3-2-6-14-24(19)23(26)22-15-20(25)18-7-4-5-9-21(18)28-22/h4-5,7,9-13,15,19H,2-3,6,8,14H2,1H3. The van der Waals surface area contributed by atoms with Crippen molar-refractivity contribution in [1.82, 2.24) is 4.90 Å². The Morgan fingerprint density at radius 2 is 1.86 bits per heavy atom.